The van der Waals surface area contributed by atoms with E-state index in [1.165, 1.54) is 0 Å². The van der Waals surface area contributed by atoms with Crippen molar-refractivity contribution in [2.75, 3.05) is 0 Å². The molecule has 0 saturated heterocycles. The van der Waals surface area contributed by atoms with E-state index in [1.807, 2.05) is 39.8 Å². The summed E-state index contributed by atoms with van der Waals surface area (Å²) in [5.74, 6) is 1.47. The summed E-state index contributed by atoms with van der Waals surface area (Å²) in [5.41, 5.74) is 8.37. The number of aryl methyl sites for hydroxylation is 2. The molecule has 19 heavy (non-hydrogen) atoms. The predicted molar refractivity (Wildman–Crippen MR) is 72.6 cm³/mol. The van der Waals surface area contributed by atoms with E-state index in [-0.39, 0.29) is 12.0 Å². The Kier molecular flexibility index (Phi) is 3.57. The number of benzene rings is 1. The maximum atomic E-state index is 9.76. The van der Waals surface area contributed by atoms with Crippen molar-refractivity contribution in [2.45, 2.75) is 33.7 Å². The smallest absolute Gasteiger partial charge is 0.244 e. The molecule has 0 unspecified atom stereocenters. The van der Waals surface area contributed by atoms with Crippen LogP contribution in [0, 0.1) is 19.8 Å². The Morgan fingerprint density at radius 3 is 2.32 bits per heavy atom. The van der Waals surface area contributed by atoms with Gasteiger partial charge in [-0.3, -0.25) is 0 Å². The van der Waals surface area contributed by atoms with E-state index in [0.717, 1.165) is 16.7 Å². The molecule has 2 aromatic rings. The van der Waals surface area contributed by atoms with Gasteiger partial charge in [0.2, 0.25) is 11.7 Å². The molecule has 0 aliphatic heterocycles. The van der Waals surface area contributed by atoms with Crippen LogP contribution < -0.4 is 5.73 Å². The van der Waals surface area contributed by atoms with E-state index >= 15 is 0 Å². The third-order valence-corrected chi connectivity index (χ3v) is 3.19. The normalized spacial score (nSPS) is 12.9. The zero-order valence-corrected chi connectivity index (χ0v) is 11.6. The van der Waals surface area contributed by atoms with Gasteiger partial charge in [-0.1, -0.05) is 19.0 Å². The number of phenols is 1. The van der Waals surface area contributed by atoms with Crippen LogP contribution in [0.3, 0.4) is 0 Å². The first-order valence-corrected chi connectivity index (χ1v) is 6.30. The molecule has 3 N–H and O–H groups in total. The summed E-state index contributed by atoms with van der Waals surface area (Å²) < 4.78 is 5.20. The van der Waals surface area contributed by atoms with Gasteiger partial charge in [0.1, 0.15) is 5.75 Å². The second-order valence-electron chi connectivity index (χ2n) is 5.18. The van der Waals surface area contributed by atoms with Crippen molar-refractivity contribution >= 4 is 0 Å². The molecule has 0 spiro atoms. The summed E-state index contributed by atoms with van der Waals surface area (Å²) in [4.78, 5) is 4.33. The zero-order chi connectivity index (χ0) is 14.2. The van der Waals surface area contributed by atoms with Gasteiger partial charge in [-0.2, -0.15) is 4.98 Å². The molecular weight excluding hydrogens is 242 g/mol. The summed E-state index contributed by atoms with van der Waals surface area (Å²) in [5, 5.41) is 13.7. The Balaban J connectivity index is 2.38. The third kappa shape index (κ3) is 2.61. The Labute approximate surface area is 112 Å². The highest BCUT2D eigenvalue weighted by molar-refractivity contribution is 5.60. The lowest BCUT2D eigenvalue weighted by atomic mass is 10.0. The minimum Gasteiger partial charge on any atom is -0.507 e. The van der Waals surface area contributed by atoms with Crippen molar-refractivity contribution in [3.8, 4) is 17.1 Å². The second kappa shape index (κ2) is 5.01. The standard InChI is InChI=1S/C14H19N3O2/c1-7(2)11(15)14-16-13(17-19-14)10-5-8(3)12(18)9(4)6-10/h5-7,11,18H,15H2,1-4H3/t11-/m1/s1. The molecule has 0 aliphatic rings. The van der Waals surface area contributed by atoms with Crippen LogP contribution >= 0.6 is 0 Å². The fraction of sp³-hybridized carbons (Fsp3) is 0.429. The third-order valence-electron chi connectivity index (χ3n) is 3.19. The predicted octanol–water partition coefficient (Wildman–Crippen LogP) is 2.71. The average Bonchev–Trinajstić information content (AvgIpc) is 2.83. The van der Waals surface area contributed by atoms with Crippen molar-refractivity contribution in [3.05, 3.63) is 29.2 Å². The molecule has 0 aliphatic carbocycles. The van der Waals surface area contributed by atoms with Gasteiger partial charge in [-0.15, -0.1) is 0 Å². The highest BCUT2D eigenvalue weighted by atomic mass is 16.5. The minimum absolute atomic E-state index is 0.233. The molecule has 1 heterocycles. The Morgan fingerprint density at radius 1 is 1.21 bits per heavy atom. The van der Waals surface area contributed by atoms with E-state index in [1.54, 1.807) is 0 Å². The van der Waals surface area contributed by atoms with Crippen molar-refractivity contribution in [2.24, 2.45) is 11.7 Å². The van der Waals surface area contributed by atoms with Crippen LogP contribution in [0.5, 0.6) is 5.75 Å². The average molecular weight is 261 g/mol. The first-order valence-electron chi connectivity index (χ1n) is 6.30. The molecule has 102 valence electrons. The number of hydrogen-bond donors (Lipinski definition) is 2. The first-order chi connectivity index (χ1) is 8.90. The highest BCUT2D eigenvalue weighted by Gasteiger charge is 2.19. The molecule has 2 rings (SSSR count). The van der Waals surface area contributed by atoms with Crippen LogP contribution in [-0.2, 0) is 0 Å². The molecular formula is C14H19N3O2. The lowest BCUT2D eigenvalue weighted by Gasteiger charge is -2.09. The molecule has 1 atom stereocenters. The maximum Gasteiger partial charge on any atom is 0.244 e. The quantitative estimate of drug-likeness (QED) is 0.887. The van der Waals surface area contributed by atoms with E-state index < -0.39 is 0 Å². The number of rotatable bonds is 3. The molecule has 0 saturated carbocycles. The van der Waals surface area contributed by atoms with Crippen LogP contribution in [0.15, 0.2) is 16.7 Å². The first kappa shape index (κ1) is 13.5. The van der Waals surface area contributed by atoms with Crippen LogP contribution in [-0.4, -0.2) is 15.2 Å². The van der Waals surface area contributed by atoms with Gasteiger partial charge in [-0.05, 0) is 43.0 Å². The Morgan fingerprint density at radius 2 is 1.79 bits per heavy atom. The van der Waals surface area contributed by atoms with E-state index in [9.17, 15) is 5.11 Å². The summed E-state index contributed by atoms with van der Waals surface area (Å²) in [7, 11) is 0. The second-order valence-corrected chi connectivity index (χ2v) is 5.18. The lowest BCUT2D eigenvalue weighted by Crippen LogP contribution is -2.16. The van der Waals surface area contributed by atoms with Gasteiger partial charge in [0.05, 0.1) is 6.04 Å². The van der Waals surface area contributed by atoms with E-state index in [2.05, 4.69) is 10.1 Å². The maximum absolute atomic E-state index is 9.76. The van der Waals surface area contributed by atoms with Gasteiger partial charge in [0.15, 0.2) is 0 Å². The van der Waals surface area contributed by atoms with Crippen molar-refractivity contribution in [3.63, 3.8) is 0 Å². The number of nitrogens with two attached hydrogens (primary N) is 1. The van der Waals surface area contributed by atoms with E-state index in [4.69, 9.17) is 10.3 Å². The number of nitrogens with zero attached hydrogens (tertiary/aromatic N) is 2. The summed E-state index contributed by atoms with van der Waals surface area (Å²) in [6, 6.07) is 3.40. The van der Waals surface area contributed by atoms with Crippen LogP contribution in [0.1, 0.15) is 36.9 Å². The number of aromatic hydroxyl groups is 1. The SMILES string of the molecule is Cc1cc(-c2noc([C@H](N)C(C)C)n2)cc(C)c1O. The van der Waals surface area contributed by atoms with Gasteiger partial charge < -0.3 is 15.4 Å². The van der Waals surface area contributed by atoms with E-state index in [0.29, 0.717) is 17.5 Å². The molecule has 0 fully saturated rings. The lowest BCUT2D eigenvalue weighted by molar-refractivity contribution is 0.325. The van der Waals surface area contributed by atoms with Crippen LogP contribution in [0.4, 0.5) is 0 Å². The fourth-order valence-corrected chi connectivity index (χ4v) is 1.86. The fourth-order valence-electron chi connectivity index (χ4n) is 1.86. The highest BCUT2D eigenvalue weighted by Crippen LogP contribution is 2.28. The van der Waals surface area contributed by atoms with Gasteiger partial charge in [0, 0.05) is 5.56 Å². The monoisotopic (exact) mass is 261 g/mol. The summed E-state index contributed by atoms with van der Waals surface area (Å²) >= 11 is 0. The Bertz CT molecular complexity index is 567. The van der Waals surface area contributed by atoms with Crippen LogP contribution in [0.25, 0.3) is 11.4 Å². The molecule has 0 bridgehead atoms. The number of aromatic nitrogens is 2. The topological polar surface area (TPSA) is 85.2 Å². The van der Waals surface area contributed by atoms with Gasteiger partial charge in [-0.25, -0.2) is 0 Å². The Hall–Kier alpha value is -1.88. The molecule has 5 heteroatoms. The number of hydrogen-bond acceptors (Lipinski definition) is 5. The number of phenolic OH excluding ortho intramolecular Hbond substituents is 1. The van der Waals surface area contributed by atoms with Gasteiger partial charge in [0.25, 0.3) is 0 Å². The summed E-state index contributed by atoms with van der Waals surface area (Å²) in [6.45, 7) is 7.69. The molecule has 1 aromatic carbocycles. The van der Waals surface area contributed by atoms with Gasteiger partial charge >= 0.3 is 0 Å². The van der Waals surface area contributed by atoms with Crippen molar-refractivity contribution < 1.29 is 9.63 Å². The summed E-state index contributed by atoms with van der Waals surface area (Å²) in [6.07, 6.45) is 0. The van der Waals surface area contributed by atoms with Crippen LogP contribution in [0.2, 0.25) is 0 Å². The van der Waals surface area contributed by atoms with Crippen molar-refractivity contribution in [1.29, 1.82) is 0 Å². The van der Waals surface area contributed by atoms with Crippen molar-refractivity contribution in [1.82, 2.24) is 10.1 Å². The minimum atomic E-state index is -0.263. The molecule has 0 radical (unpaired) electrons. The zero-order valence-electron chi connectivity index (χ0n) is 11.6. The molecule has 5 nitrogen and oxygen atoms in total. The molecule has 1 aromatic heterocycles. The molecule has 0 amide bonds. The largest absolute Gasteiger partial charge is 0.507 e.